The Balaban J connectivity index is 1.70. The van der Waals surface area contributed by atoms with Crippen molar-refractivity contribution in [3.63, 3.8) is 0 Å². The van der Waals surface area contributed by atoms with Crippen LogP contribution < -0.4 is 4.74 Å². The Bertz CT molecular complexity index is 741. The number of hydrogen-bond acceptors (Lipinski definition) is 4. The summed E-state index contributed by atoms with van der Waals surface area (Å²) in [5.41, 5.74) is 0.892. The van der Waals surface area contributed by atoms with Gasteiger partial charge in [-0.05, 0) is 76.9 Å². The van der Waals surface area contributed by atoms with Crippen molar-refractivity contribution < 1.29 is 14.3 Å². The zero-order chi connectivity index (χ0) is 18.5. The number of hydrogen-bond donors (Lipinski definition) is 0. The van der Waals surface area contributed by atoms with Gasteiger partial charge in [0.1, 0.15) is 12.4 Å². The summed E-state index contributed by atoms with van der Waals surface area (Å²) in [6.45, 7) is 4.66. The molecule has 1 saturated carbocycles. The SMILES string of the molecule is C=CCOc1ccc(/C=C2/SC(=O)N(CC3CCCCC3)C2=O)cc1I. The Morgan fingerprint density at radius 1 is 1.27 bits per heavy atom. The van der Waals surface area contributed by atoms with Gasteiger partial charge in [0, 0.05) is 6.54 Å². The third-order valence-electron chi connectivity index (χ3n) is 4.65. The topological polar surface area (TPSA) is 46.6 Å². The highest BCUT2D eigenvalue weighted by Gasteiger charge is 2.36. The van der Waals surface area contributed by atoms with Gasteiger partial charge in [0.05, 0.1) is 8.48 Å². The van der Waals surface area contributed by atoms with Crippen LogP contribution in [-0.2, 0) is 4.79 Å². The number of carbonyl (C=O) groups excluding carboxylic acids is 2. The van der Waals surface area contributed by atoms with Crippen molar-refractivity contribution in [1.29, 1.82) is 0 Å². The number of ether oxygens (including phenoxy) is 1. The van der Waals surface area contributed by atoms with Gasteiger partial charge >= 0.3 is 0 Å². The van der Waals surface area contributed by atoms with Crippen LogP contribution in [-0.4, -0.2) is 29.2 Å². The molecule has 0 atom stereocenters. The minimum Gasteiger partial charge on any atom is -0.488 e. The second kappa shape index (κ2) is 9.08. The number of benzene rings is 1. The van der Waals surface area contributed by atoms with Crippen LogP contribution in [0.25, 0.3) is 6.08 Å². The van der Waals surface area contributed by atoms with Crippen molar-refractivity contribution >= 4 is 51.6 Å². The van der Waals surface area contributed by atoms with Crippen molar-refractivity contribution in [3.05, 3.63) is 44.9 Å². The van der Waals surface area contributed by atoms with Gasteiger partial charge in [0.25, 0.3) is 11.1 Å². The van der Waals surface area contributed by atoms with Gasteiger partial charge in [-0.25, -0.2) is 0 Å². The molecule has 0 aromatic heterocycles. The molecule has 3 rings (SSSR count). The van der Waals surface area contributed by atoms with Gasteiger partial charge in [-0.3, -0.25) is 14.5 Å². The van der Waals surface area contributed by atoms with E-state index in [0.717, 1.165) is 39.5 Å². The van der Waals surface area contributed by atoms with Crippen LogP contribution in [0.5, 0.6) is 5.75 Å². The van der Waals surface area contributed by atoms with E-state index < -0.39 is 0 Å². The first-order valence-electron chi connectivity index (χ1n) is 8.87. The molecule has 0 spiro atoms. The molecule has 2 aliphatic rings. The zero-order valence-electron chi connectivity index (χ0n) is 14.6. The van der Waals surface area contributed by atoms with Crippen LogP contribution in [0.1, 0.15) is 37.7 Å². The maximum absolute atomic E-state index is 12.7. The van der Waals surface area contributed by atoms with Crippen LogP contribution in [0.4, 0.5) is 4.79 Å². The van der Waals surface area contributed by atoms with Crippen molar-refractivity contribution in [3.8, 4) is 5.75 Å². The number of nitrogens with zero attached hydrogens (tertiary/aromatic N) is 1. The lowest BCUT2D eigenvalue weighted by molar-refractivity contribution is -0.123. The van der Waals surface area contributed by atoms with E-state index in [1.165, 1.54) is 24.2 Å². The molecule has 2 fully saturated rings. The first kappa shape index (κ1) is 19.5. The molecule has 1 aliphatic heterocycles. The highest BCUT2D eigenvalue weighted by atomic mass is 127. The van der Waals surface area contributed by atoms with Gasteiger partial charge in [-0.1, -0.05) is 38.0 Å². The van der Waals surface area contributed by atoms with E-state index in [1.54, 1.807) is 12.2 Å². The Kier molecular flexibility index (Phi) is 6.80. The number of thioether (sulfide) groups is 1. The van der Waals surface area contributed by atoms with Crippen molar-refractivity contribution in [1.82, 2.24) is 4.90 Å². The lowest BCUT2D eigenvalue weighted by Gasteiger charge is -2.25. The number of amides is 2. The first-order chi connectivity index (χ1) is 12.6. The van der Waals surface area contributed by atoms with E-state index in [-0.39, 0.29) is 11.1 Å². The van der Waals surface area contributed by atoms with Gasteiger partial charge in [0.2, 0.25) is 0 Å². The third kappa shape index (κ3) is 4.71. The number of imide groups is 1. The smallest absolute Gasteiger partial charge is 0.293 e. The highest BCUT2D eigenvalue weighted by molar-refractivity contribution is 14.1. The van der Waals surface area contributed by atoms with Crippen LogP contribution in [0, 0.1) is 9.49 Å². The van der Waals surface area contributed by atoms with Crippen LogP contribution in [0.3, 0.4) is 0 Å². The standard InChI is InChI=1S/C20H22INO3S/c1-2-10-25-17-9-8-15(11-16(17)21)12-18-19(23)22(20(24)26-18)13-14-6-4-3-5-7-14/h2,8-9,11-12,14H,1,3-7,10,13H2/b18-12+. The van der Waals surface area contributed by atoms with E-state index >= 15 is 0 Å². The van der Waals surface area contributed by atoms with Crippen molar-refractivity contribution in [2.45, 2.75) is 32.1 Å². The molecule has 26 heavy (non-hydrogen) atoms. The summed E-state index contributed by atoms with van der Waals surface area (Å²) in [7, 11) is 0. The Morgan fingerprint density at radius 3 is 2.73 bits per heavy atom. The molecule has 4 nitrogen and oxygen atoms in total. The maximum atomic E-state index is 12.7. The minimum atomic E-state index is -0.160. The van der Waals surface area contributed by atoms with E-state index in [1.807, 2.05) is 18.2 Å². The molecule has 0 bridgehead atoms. The number of rotatable bonds is 6. The highest BCUT2D eigenvalue weighted by Crippen LogP contribution is 2.35. The fraction of sp³-hybridized carbons (Fsp3) is 0.400. The van der Waals surface area contributed by atoms with E-state index in [9.17, 15) is 9.59 Å². The predicted octanol–water partition coefficient (Wildman–Crippen LogP) is 5.47. The Labute approximate surface area is 172 Å². The summed E-state index contributed by atoms with van der Waals surface area (Å²) in [4.78, 5) is 26.9. The molecule has 0 radical (unpaired) electrons. The van der Waals surface area contributed by atoms with Gasteiger partial charge < -0.3 is 4.74 Å². The lowest BCUT2D eigenvalue weighted by Crippen LogP contribution is -2.34. The second-order valence-corrected chi connectivity index (χ2v) is 8.74. The lowest BCUT2D eigenvalue weighted by atomic mass is 9.89. The quantitative estimate of drug-likeness (QED) is 0.306. The zero-order valence-corrected chi connectivity index (χ0v) is 17.6. The summed E-state index contributed by atoms with van der Waals surface area (Å²) in [6, 6.07) is 5.73. The average molecular weight is 483 g/mol. The van der Waals surface area contributed by atoms with Crippen LogP contribution in [0.15, 0.2) is 35.8 Å². The first-order valence-corrected chi connectivity index (χ1v) is 10.8. The van der Waals surface area contributed by atoms with Crippen molar-refractivity contribution in [2.75, 3.05) is 13.2 Å². The molecular formula is C20H22INO3S. The van der Waals surface area contributed by atoms with E-state index in [2.05, 4.69) is 29.2 Å². The summed E-state index contributed by atoms with van der Waals surface area (Å²) < 4.78 is 6.53. The molecule has 0 unspecified atom stereocenters. The third-order valence-corrected chi connectivity index (χ3v) is 6.40. The fourth-order valence-corrected chi connectivity index (χ4v) is 4.85. The molecule has 1 heterocycles. The monoisotopic (exact) mass is 483 g/mol. The average Bonchev–Trinajstić information content (AvgIpc) is 2.89. The van der Waals surface area contributed by atoms with E-state index in [0.29, 0.717) is 24.0 Å². The molecule has 1 aromatic rings. The number of halogens is 1. The van der Waals surface area contributed by atoms with Crippen molar-refractivity contribution in [2.24, 2.45) is 5.92 Å². The Hall–Kier alpha value is -1.28. The normalized spacial score (nSPS) is 20.0. The van der Waals surface area contributed by atoms with Gasteiger partial charge in [-0.2, -0.15) is 0 Å². The summed E-state index contributed by atoms with van der Waals surface area (Å²) in [5.74, 6) is 1.08. The molecule has 138 valence electrons. The van der Waals surface area contributed by atoms with Crippen LogP contribution in [0.2, 0.25) is 0 Å². The summed E-state index contributed by atoms with van der Waals surface area (Å²) in [6.07, 6.45) is 9.40. The van der Waals surface area contributed by atoms with Crippen LogP contribution >= 0.6 is 34.4 Å². The molecule has 0 N–H and O–H groups in total. The van der Waals surface area contributed by atoms with Gasteiger partial charge in [-0.15, -0.1) is 0 Å². The van der Waals surface area contributed by atoms with E-state index in [4.69, 9.17) is 4.74 Å². The molecule has 1 aromatic carbocycles. The fourth-order valence-electron chi connectivity index (χ4n) is 3.31. The molecule has 1 saturated heterocycles. The Morgan fingerprint density at radius 2 is 2.04 bits per heavy atom. The summed E-state index contributed by atoms with van der Waals surface area (Å²) in [5, 5.41) is -0.146. The minimum absolute atomic E-state index is 0.146. The summed E-state index contributed by atoms with van der Waals surface area (Å²) >= 11 is 3.25. The maximum Gasteiger partial charge on any atom is 0.293 e. The molecule has 2 amide bonds. The van der Waals surface area contributed by atoms with Gasteiger partial charge in [0.15, 0.2) is 0 Å². The molecule has 6 heteroatoms. The molecule has 1 aliphatic carbocycles. The second-order valence-electron chi connectivity index (χ2n) is 6.59. The number of carbonyl (C=O) groups is 2. The molecular weight excluding hydrogens is 461 g/mol. The predicted molar refractivity (Wildman–Crippen MR) is 114 cm³/mol. The largest absolute Gasteiger partial charge is 0.488 e.